The molecule has 0 saturated carbocycles. The molecule has 0 saturated heterocycles. The summed E-state index contributed by atoms with van der Waals surface area (Å²) in [6.45, 7) is 0. The van der Waals surface area contributed by atoms with Gasteiger partial charge in [-0.05, 0) is 6.08 Å². The SMILES string of the molecule is C#CC1C=CC=CC1=N. The second-order valence-electron chi connectivity index (χ2n) is 1.84. The van der Waals surface area contributed by atoms with Gasteiger partial charge >= 0.3 is 0 Å². The highest BCUT2D eigenvalue weighted by atomic mass is 14.4. The van der Waals surface area contributed by atoms with Crippen molar-refractivity contribution in [1.82, 2.24) is 0 Å². The third-order valence-corrected chi connectivity index (χ3v) is 1.21. The van der Waals surface area contributed by atoms with Gasteiger partial charge in [-0.15, -0.1) is 6.42 Å². The smallest absolute Gasteiger partial charge is 0.0798 e. The maximum Gasteiger partial charge on any atom is 0.0798 e. The van der Waals surface area contributed by atoms with E-state index >= 15 is 0 Å². The van der Waals surface area contributed by atoms with Gasteiger partial charge < -0.3 is 5.41 Å². The third-order valence-electron chi connectivity index (χ3n) is 1.21. The van der Waals surface area contributed by atoms with Gasteiger partial charge in [0, 0.05) is 0 Å². The molecule has 1 aliphatic carbocycles. The molecule has 1 heteroatoms. The van der Waals surface area contributed by atoms with Gasteiger partial charge in [0.05, 0.1) is 11.6 Å². The van der Waals surface area contributed by atoms with Crippen LogP contribution in [-0.2, 0) is 0 Å². The Kier molecular flexibility index (Phi) is 1.51. The van der Waals surface area contributed by atoms with Crippen LogP contribution < -0.4 is 0 Å². The molecule has 0 aliphatic heterocycles. The zero-order valence-corrected chi connectivity index (χ0v) is 4.96. The maximum absolute atomic E-state index is 7.27. The molecule has 1 unspecified atom stereocenters. The van der Waals surface area contributed by atoms with E-state index in [1.165, 1.54) is 0 Å². The fourth-order valence-electron chi connectivity index (χ4n) is 0.687. The molecule has 0 fully saturated rings. The molecule has 44 valence electrons. The van der Waals surface area contributed by atoms with E-state index in [1.54, 1.807) is 6.08 Å². The van der Waals surface area contributed by atoms with Crippen LogP contribution in [0.2, 0.25) is 0 Å². The van der Waals surface area contributed by atoms with E-state index in [0.29, 0.717) is 5.71 Å². The molecule has 1 nitrogen and oxygen atoms in total. The zero-order valence-electron chi connectivity index (χ0n) is 4.96. The summed E-state index contributed by atoms with van der Waals surface area (Å²) < 4.78 is 0. The van der Waals surface area contributed by atoms with E-state index in [-0.39, 0.29) is 5.92 Å². The van der Waals surface area contributed by atoms with Gasteiger partial charge in [0.25, 0.3) is 0 Å². The van der Waals surface area contributed by atoms with Crippen molar-refractivity contribution < 1.29 is 0 Å². The average molecular weight is 117 g/mol. The first kappa shape index (κ1) is 5.84. The Balaban J connectivity index is 2.81. The first-order chi connectivity index (χ1) is 4.34. The molecule has 1 aliphatic rings. The van der Waals surface area contributed by atoms with Crippen LogP contribution in [0, 0.1) is 23.7 Å². The number of rotatable bonds is 0. The van der Waals surface area contributed by atoms with Gasteiger partial charge in [-0.25, -0.2) is 0 Å². The molecule has 1 atom stereocenters. The molecule has 9 heavy (non-hydrogen) atoms. The highest BCUT2D eigenvalue weighted by Crippen LogP contribution is 2.05. The molecular formula is C8H7N. The maximum atomic E-state index is 7.27. The number of hydrogen-bond donors (Lipinski definition) is 1. The second-order valence-corrected chi connectivity index (χ2v) is 1.84. The predicted octanol–water partition coefficient (Wildman–Crippen LogP) is 1.38. The van der Waals surface area contributed by atoms with Crippen molar-refractivity contribution in [3.05, 3.63) is 24.3 Å². The van der Waals surface area contributed by atoms with E-state index in [0.717, 1.165) is 0 Å². The summed E-state index contributed by atoms with van der Waals surface area (Å²) in [5.74, 6) is 2.39. The van der Waals surface area contributed by atoms with Gasteiger partial charge in [-0.3, -0.25) is 0 Å². The van der Waals surface area contributed by atoms with E-state index in [4.69, 9.17) is 11.8 Å². The van der Waals surface area contributed by atoms with Crippen LogP contribution in [0.3, 0.4) is 0 Å². The summed E-state index contributed by atoms with van der Waals surface area (Å²) in [5.41, 5.74) is 0.500. The molecule has 0 bridgehead atoms. The Morgan fingerprint density at radius 1 is 1.56 bits per heavy atom. The van der Waals surface area contributed by atoms with Crippen molar-refractivity contribution in [2.45, 2.75) is 0 Å². The van der Waals surface area contributed by atoms with Crippen molar-refractivity contribution in [2.24, 2.45) is 5.92 Å². The highest BCUT2D eigenvalue weighted by molar-refractivity contribution is 5.98. The normalized spacial score (nSPS) is 23.9. The van der Waals surface area contributed by atoms with E-state index < -0.39 is 0 Å². The van der Waals surface area contributed by atoms with Crippen molar-refractivity contribution in [1.29, 1.82) is 5.41 Å². The van der Waals surface area contributed by atoms with Crippen LogP contribution in [-0.4, -0.2) is 5.71 Å². The summed E-state index contributed by atoms with van der Waals surface area (Å²) in [4.78, 5) is 0. The van der Waals surface area contributed by atoms with Gasteiger partial charge in [-0.2, -0.15) is 0 Å². The molecule has 0 spiro atoms. The summed E-state index contributed by atoms with van der Waals surface area (Å²) in [6, 6.07) is 0. The Labute approximate surface area is 54.6 Å². The highest BCUT2D eigenvalue weighted by Gasteiger charge is 2.05. The fraction of sp³-hybridized carbons (Fsp3) is 0.125. The Morgan fingerprint density at radius 3 is 2.78 bits per heavy atom. The van der Waals surface area contributed by atoms with Crippen molar-refractivity contribution in [3.63, 3.8) is 0 Å². The lowest BCUT2D eigenvalue weighted by molar-refractivity contribution is 1.16. The molecule has 0 aromatic carbocycles. The minimum atomic E-state index is -0.102. The number of nitrogens with one attached hydrogen (secondary N) is 1. The van der Waals surface area contributed by atoms with Crippen LogP contribution >= 0.6 is 0 Å². The third kappa shape index (κ3) is 1.09. The molecule has 0 aromatic heterocycles. The van der Waals surface area contributed by atoms with Crippen molar-refractivity contribution >= 4 is 5.71 Å². The standard InChI is InChI=1S/C8H7N/c1-2-7-5-3-4-6-8(7)9/h1,3-7,9H. The van der Waals surface area contributed by atoms with E-state index in [1.807, 2.05) is 18.2 Å². The summed E-state index contributed by atoms with van der Waals surface area (Å²) in [5, 5.41) is 7.27. The Hall–Kier alpha value is -1.29. The number of hydrogen-bond acceptors (Lipinski definition) is 1. The number of terminal acetylenes is 1. The summed E-state index contributed by atoms with van der Waals surface area (Å²) in [7, 11) is 0. The number of allylic oxidation sites excluding steroid dienone is 4. The molecule has 0 amide bonds. The van der Waals surface area contributed by atoms with Gasteiger partial charge in [0.1, 0.15) is 0 Å². The van der Waals surface area contributed by atoms with Crippen LogP contribution in [0.25, 0.3) is 0 Å². The summed E-state index contributed by atoms with van der Waals surface area (Å²) in [6.07, 6.45) is 12.3. The minimum absolute atomic E-state index is 0.102. The first-order valence-corrected chi connectivity index (χ1v) is 2.74. The van der Waals surface area contributed by atoms with Crippen LogP contribution in [0.1, 0.15) is 0 Å². The van der Waals surface area contributed by atoms with Gasteiger partial charge in [0.15, 0.2) is 0 Å². The molecule has 0 heterocycles. The molecule has 0 radical (unpaired) electrons. The lowest BCUT2D eigenvalue weighted by Gasteiger charge is -2.04. The predicted molar refractivity (Wildman–Crippen MR) is 38.3 cm³/mol. The van der Waals surface area contributed by atoms with Gasteiger partial charge in [-0.1, -0.05) is 24.1 Å². The van der Waals surface area contributed by atoms with Crippen molar-refractivity contribution in [3.8, 4) is 12.3 Å². The summed E-state index contributed by atoms with van der Waals surface area (Å²) >= 11 is 0. The minimum Gasteiger partial charge on any atom is -0.304 e. The first-order valence-electron chi connectivity index (χ1n) is 2.74. The second kappa shape index (κ2) is 2.32. The topological polar surface area (TPSA) is 23.9 Å². The van der Waals surface area contributed by atoms with Crippen LogP contribution in [0.4, 0.5) is 0 Å². The molecule has 0 aromatic rings. The zero-order chi connectivity index (χ0) is 6.69. The van der Waals surface area contributed by atoms with Gasteiger partial charge in [0.2, 0.25) is 0 Å². The molecule has 1 rings (SSSR count). The van der Waals surface area contributed by atoms with Crippen molar-refractivity contribution in [2.75, 3.05) is 0 Å². The Bertz CT molecular complexity index is 215. The average Bonchev–Trinajstić information content (AvgIpc) is 1.89. The molecule has 1 N–H and O–H groups in total. The lowest BCUT2D eigenvalue weighted by Crippen LogP contribution is -2.07. The monoisotopic (exact) mass is 117 g/mol. The van der Waals surface area contributed by atoms with Crippen LogP contribution in [0.5, 0.6) is 0 Å². The van der Waals surface area contributed by atoms with E-state index in [9.17, 15) is 0 Å². The largest absolute Gasteiger partial charge is 0.304 e. The van der Waals surface area contributed by atoms with E-state index in [2.05, 4.69) is 5.92 Å². The quantitative estimate of drug-likeness (QED) is 0.463. The lowest BCUT2D eigenvalue weighted by atomic mass is 10.0. The fourth-order valence-corrected chi connectivity index (χ4v) is 0.687. The van der Waals surface area contributed by atoms with Crippen LogP contribution in [0.15, 0.2) is 24.3 Å². The Morgan fingerprint density at radius 2 is 2.33 bits per heavy atom. The molecular weight excluding hydrogens is 110 g/mol.